The fraction of sp³-hybridized carbons (Fsp3) is 0.429. The normalized spacial score (nSPS) is 8.69. The fourth-order valence-electron chi connectivity index (χ4n) is 0.580. The zero-order valence-corrected chi connectivity index (χ0v) is 8.24. The van der Waals surface area contributed by atoms with Crippen molar-refractivity contribution in [1.29, 1.82) is 0 Å². The summed E-state index contributed by atoms with van der Waals surface area (Å²) >= 11 is 4.53. The Balaban J connectivity index is 3.62. The molecule has 0 bridgehead atoms. The van der Waals surface area contributed by atoms with Gasteiger partial charge in [-0.2, -0.15) is 0 Å². The van der Waals surface area contributed by atoms with Gasteiger partial charge in [0.25, 0.3) is 0 Å². The van der Waals surface area contributed by atoms with Crippen molar-refractivity contribution >= 4 is 23.3 Å². The number of nitrogens with one attached hydrogen (secondary N) is 2. The molecule has 0 saturated heterocycles. The molecule has 0 rings (SSSR count). The molecule has 0 saturated carbocycles. The van der Waals surface area contributed by atoms with Gasteiger partial charge in [0.05, 0.1) is 13.0 Å². The molecule has 0 aromatic carbocycles. The van der Waals surface area contributed by atoms with Gasteiger partial charge in [-0.15, -0.1) is 0 Å². The maximum absolute atomic E-state index is 10.9. The van der Waals surface area contributed by atoms with Crippen LogP contribution in [0.25, 0.3) is 0 Å². The van der Waals surface area contributed by atoms with Crippen LogP contribution in [-0.2, 0) is 9.53 Å². The summed E-state index contributed by atoms with van der Waals surface area (Å²) < 4.78 is 4.69. The largest absolute Gasteiger partial charge is 0.466 e. The predicted octanol–water partition coefficient (Wildman–Crippen LogP) is -0.209. The first-order valence-corrected chi connectivity index (χ1v) is 4.12. The molecule has 4 N–H and O–H groups in total. The van der Waals surface area contributed by atoms with Crippen molar-refractivity contribution in [2.24, 2.45) is 5.73 Å². The number of hydrazine groups is 1. The van der Waals surface area contributed by atoms with Crippen LogP contribution in [0, 0.1) is 0 Å². The number of hydrogen-bond acceptors (Lipinski definition) is 4. The van der Waals surface area contributed by atoms with E-state index in [1.54, 1.807) is 6.92 Å². The maximum Gasteiger partial charge on any atom is 0.311 e. The second-order valence-electron chi connectivity index (χ2n) is 2.20. The van der Waals surface area contributed by atoms with Crippen LogP contribution in [0.5, 0.6) is 0 Å². The van der Waals surface area contributed by atoms with Crippen molar-refractivity contribution in [1.82, 2.24) is 10.9 Å². The molecule has 74 valence electrons. The van der Waals surface area contributed by atoms with Crippen LogP contribution in [0.2, 0.25) is 0 Å². The molecule has 0 spiro atoms. The molecule has 0 unspecified atom stereocenters. The van der Waals surface area contributed by atoms with Crippen LogP contribution in [0.3, 0.4) is 0 Å². The number of esters is 1. The lowest BCUT2D eigenvalue weighted by Gasteiger charge is -2.09. The van der Waals surface area contributed by atoms with Crippen LogP contribution >= 0.6 is 12.2 Å². The van der Waals surface area contributed by atoms with E-state index in [2.05, 4.69) is 34.4 Å². The topological polar surface area (TPSA) is 76.4 Å². The summed E-state index contributed by atoms with van der Waals surface area (Å²) in [5, 5.41) is 0.0880. The Bertz CT molecular complexity index is 218. The van der Waals surface area contributed by atoms with Gasteiger partial charge in [0.2, 0.25) is 0 Å². The monoisotopic (exact) mass is 203 g/mol. The highest BCUT2D eigenvalue weighted by Gasteiger charge is 2.03. The SMILES string of the molecule is C=C(CC(=O)OCC)NNC(N)=S. The van der Waals surface area contributed by atoms with Crippen LogP contribution in [0.1, 0.15) is 13.3 Å². The van der Waals surface area contributed by atoms with Crippen molar-refractivity contribution in [2.45, 2.75) is 13.3 Å². The van der Waals surface area contributed by atoms with Crippen molar-refractivity contribution in [3.8, 4) is 0 Å². The molecule has 0 radical (unpaired) electrons. The lowest BCUT2D eigenvalue weighted by Crippen LogP contribution is -2.40. The lowest BCUT2D eigenvalue weighted by atomic mass is 10.3. The van der Waals surface area contributed by atoms with Gasteiger partial charge in [0.1, 0.15) is 0 Å². The molecule has 0 aliphatic heterocycles. The van der Waals surface area contributed by atoms with Crippen LogP contribution < -0.4 is 16.6 Å². The maximum atomic E-state index is 10.9. The summed E-state index contributed by atoms with van der Waals surface area (Å²) in [5.41, 5.74) is 10.6. The highest BCUT2D eigenvalue weighted by Crippen LogP contribution is 1.94. The zero-order valence-electron chi connectivity index (χ0n) is 7.42. The van der Waals surface area contributed by atoms with Crippen molar-refractivity contribution in [2.75, 3.05) is 6.61 Å². The summed E-state index contributed by atoms with van der Waals surface area (Å²) in [5.74, 6) is -0.343. The molecule has 0 fully saturated rings. The average Bonchev–Trinajstić information content (AvgIpc) is 2.01. The van der Waals surface area contributed by atoms with E-state index in [0.717, 1.165) is 0 Å². The number of ether oxygens (including phenoxy) is 1. The van der Waals surface area contributed by atoms with E-state index in [0.29, 0.717) is 12.3 Å². The minimum Gasteiger partial charge on any atom is -0.466 e. The van der Waals surface area contributed by atoms with Gasteiger partial charge >= 0.3 is 5.97 Å². The van der Waals surface area contributed by atoms with Gasteiger partial charge in [0.15, 0.2) is 5.11 Å². The third-order valence-corrected chi connectivity index (χ3v) is 1.13. The highest BCUT2D eigenvalue weighted by molar-refractivity contribution is 7.80. The number of thiocarbonyl (C=S) groups is 1. The Morgan fingerprint density at radius 2 is 2.23 bits per heavy atom. The first-order chi connectivity index (χ1) is 6.06. The van der Waals surface area contributed by atoms with E-state index in [1.807, 2.05) is 0 Å². The van der Waals surface area contributed by atoms with E-state index in [4.69, 9.17) is 5.73 Å². The molecule has 0 amide bonds. The number of carbonyl (C=O) groups excluding carboxylic acids is 1. The molecule has 6 heteroatoms. The average molecular weight is 203 g/mol. The molecular weight excluding hydrogens is 190 g/mol. The molecule has 0 atom stereocenters. The van der Waals surface area contributed by atoms with Crippen LogP contribution in [0.15, 0.2) is 12.3 Å². The minimum absolute atomic E-state index is 0.0868. The quantitative estimate of drug-likeness (QED) is 0.326. The molecule has 0 heterocycles. The molecule has 13 heavy (non-hydrogen) atoms. The fourth-order valence-corrected chi connectivity index (χ4v) is 0.631. The Morgan fingerprint density at radius 3 is 2.69 bits per heavy atom. The van der Waals surface area contributed by atoms with Crippen molar-refractivity contribution in [3.05, 3.63) is 12.3 Å². The van der Waals surface area contributed by atoms with E-state index in [1.165, 1.54) is 0 Å². The van der Waals surface area contributed by atoms with Gasteiger partial charge in [-0.05, 0) is 19.1 Å². The standard InChI is InChI=1S/C7H13N3O2S/c1-3-12-6(11)4-5(2)9-10-7(8)13/h9H,2-4H2,1H3,(H3,8,10,13). The number of hydrogen-bond donors (Lipinski definition) is 3. The molecule has 0 aliphatic carbocycles. The smallest absolute Gasteiger partial charge is 0.311 e. The van der Waals surface area contributed by atoms with Crippen molar-refractivity contribution < 1.29 is 9.53 Å². The Labute approximate surface area is 82.3 Å². The summed E-state index contributed by atoms with van der Waals surface area (Å²) in [6.07, 6.45) is 0.0868. The van der Waals surface area contributed by atoms with E-state index in [-0.39, 0.29) is 17.5 Å². The number of rotatable bonds is 5. The molecule has 0 aromatic rings. The predicted molar refractivity (Wildman–Crippen MR) is 53.4 cm³/mol. The summed E-state index contributed by atoms with van der Waals surface area (Å²) in [6, 6.07) is 0. The zero-order chi connectivity index (χ0) is 10.3. The van der Waals surface area contributed by atoms with E-state index >= 15 is 0 Å². The molecule has 0 aromatic heterocycles. The van der Waals surface area contributed by atoms with E-state index in [9.17, 15) is 4.79 Å². The molecule has 5 nitrogen and oxygen atoms in total. The third kappa shape index (κ3) is 7.07. The van der Waals surface area contributed by atoms with Crippen molar-refractivity contribution in [3.63, 3.8) is 0 Å². The van der Waals surface area contributed by atoms with Gasteiger partial charge in [0, 0.05) is 5.70 Å². The number of nitrogens with two attached hydrogens (primary N) is 1. The Kier molecular flexibility index (Phi) is 5.62. The van der Waals surface area contributed by atoms with Gasteiger partial charge in [-0.1, -0.05) is 6.58 Å². The van der Waals surface area contributed by atoms with E-state index < -0.39 is 0 Å². The first kappa shape index (κ1) is 11.7. The summed E-state index contributed by atoms with van der Waals surface area (Å²) in [4.78, 5) is 10.9. The van der Waals surface area contributed by atoms with Gasteiger partial charge in [-0.25, -0.2) is 0 Å². The summed E-state index contributed by atoms with van der Waals surface area (Å²) in [6.45, 7) is 5.65. The highest BCUT2D eigenvalue weighted by atomic mass is 32.1. The second kappa shape index (κ2) is 6.24. The number of carbonyl (C=O) groups is 1. The lowest BCUT2D eigenvalue weighted by molar-refractivity contribution is -0.142. The Hall–Kier alpha value is -1.30. The van der Waals surface area contributed by atoms with Gasteiger partial charge < -0.3 is 15.9 Å². The third-order valence-electron chi connectivity index (χ3n) is 1.03. The Morgan fingerprint density at radius 1 is 1.62 bits per heavy atom. The van der Waals surface area contributed by atoms with Crippen LogP contribution in [0.4, 0.5) is 0 Å². The van der Waals surface area contributed by atoms with Crippen LogP contribution in [-0.4, -0.2) is 17.7 Å². The first-order valence-electron chi connectivity index (χ1n) is 3.71. The van der Waals surface area contributed by atoms with Gasteiger partial charge in [-0.3, -0.25) is 10.2 Å². The molecular formula is C7H13N3O2S. The summed E-state index contributed by atoms with van der Waals surface area (Å²) in [7, 11) is 0. The second-order valence-corrected chi connectivity index (χ2v) is 2.64. The molecule has 0 aliphatic rings. The minimum atomic E-state index is -0.343.